The maximum Gasteiger partial charge on any atom is 0.134 e. The predicted octanol–water partition coefficient (Wildman–Crippen LogP) is 4.06. The van der Waals surface area contributed by atoms with Crippen LogP contribution in [0.2, 0.25) is 0 Å². The Balaban J connectivity index is 2.34. The Kier molecular flexibility index (Phi) is 3.82. The van der Waals surface area contributed by atoms with Gasteiger partial charge in [-0.15, -0.1) is 0 Å². The monoisotopic (exact) mass is 247 g/mol. The second-order valence-electron chi connectivity index (χ2n) is 4.47. The Labute approximate surface area is 107 Å². The number of aryl methyl sites for hydroxylation is 1. The Bertz CT molecular complexity index is 509. The average molecular weight is 247 g/mol. The third-order valence-electron chi connectivity index (χ3n) is 3.05. The number of furan rings is 1. The largest absolute Gasteiger partial charge is 0.459 e. The van der Waals surface area contributed by atoms with E-state index in [1.54, 1.807) is 0 Å². The van der Waals surface area contributed by atoms with Crippen LogP contribution in [0.5, 0.6) is 0 Å². The Morgan fingerprint density at radius 2 is 2.06 bits per heavy atom. The van der Waals surface area contributed by atoms with E-state index in [0.717, 1.165) is 23.3 Å². The summed E-state index contributed by atoms with van der Waals surface area (Å²) in [6.45, 7) is 3.97. The fourth-order valence-corrected chi connectivity index (χ4v) is 2.12. The maximum absolute atomic E-state index is 13.4. The van der Waals surface area contributed by atoms with Crippen LogP contribution < -0.4 is 5.32 Å². The van der Waals surface area contributed by atoms with Crippen molar-refractivity contribution in [2.75, 3.05) is 7.05 Å². The topological polar surface area (TPSA) is 25.2 Å². The minimum absolute atomic E-state index is 0.202. The number of hydrogen-bond donors (Lipinski definition) is 1. The molecule has 0 fully saturated rings. The molecule has 0 saturated carbocycles. The Morgan fingerprint density at radius 1 is 1.28 bits per heavy atom. The standard InChI is InChI=1S/C15H18FNO/c1-4-13(17-3)15-6-5-14(18-15)11-7-10(2)8-12(16)9-11/h5-9,13,17H,4H2,1-3H3. The molecule has 3 heteroatoms. The fraction of sp³-hybridized carbons (Fsp3) is 0.333. The molecule has 18 heavy (non-hydrogen) atoms. The van der Waals surface area contributed by atoms with Gasteiger partial charge in [0, 0.05) is 5.56 Å². The lowest BCUT2D eigenvalue weighted by Crippen LogP contribution is -2.14. The van der Waals surface area contributed by atoms with Gasteiger partial charge in [-0.1, -0.05) is 6.92 Å². The van der Waals surface area contributed by atoms with Crippen molar-refractivity contribution in [3.8, 4) is 11.3 Å². The third kappa shape index (κ3) is 2.62. The molecule has 96 valence electrons. The van der Waals surface area contributed by atoms with Crippen LogP contribution in [0.1, 0.15) is 30.7 Å². The van der Waals surface area contributed by atoms with E-state index in [1.807, 2.05) is 32.2 Å². The summed E-state index contributed by atoms with van der Waals surface area (Å²) < 4.78 is 19.2. The first-order chi connectivity index (χ1) is 8.63. The van der Waals surface area contributed by atoms with Crippen molar-refractivity contribution in [2.24, 2.45) is 0 Å². The van der Waals surface area contributed by atoms with Gasteiger partial charge in [0.25, 0.3) is 0 Å². The summed E-state index contributed by atoms with van der Waals surface area (Å²) in [7, 11) is 1.91. The van der Waals surface area contributed by atoms with Gasteiger partial charge in [-0.2, -0.15) is 0 Å². The van der Waals surface area contributed by atoms with Gasteiger partial charge in [-0.3, -0.25) is 0 Å². The first-order valence-corrected chi connectivity index (χ1v) is 6.18. The van der Waals surface area contributed by atoms with Gasteiger partial charge in [0.05, 0.1) is 6.04 Å². The lowest BCUT2D eigenvalue weighted by Gasteiger charge is -2.10. The van der Waals surface area contributed by atoms with Gasteiger partial charge in [-0.25, -0.2) is 4.39 Å². The quantitative estimate of drug-likeness (QED) is 0.881. The zero-order valence-electron chi connectivity index (χ0n) is 11.0. The molecular weight excluding hydrogens is 229 g/mol. The summed E-state index contributed by atoms with van der Waals surface area (Å²) in [5, 5.41) is 3.19. The first-order valence-electron chi connectivity index (χ1n) is 6.18. The van der Waals surface area contributed by atoms with Gasteiger partial charge in [0.2, 0.25) is 0 Å². The van der Waals surface area contributed by atoms with E-state index in [0.29, 0.717) is 5.76 Å². The minimum atomic E-state index is -0.233. The van der Waals surface area contributed by atoms with Crippen molar-refractivity contribution in [3.05, 3.63) is 47.5 Å². The van der Waals surface area contributed by atoms with E-state index in [4.69, 9.17) is 4.42 Å². The van der Waals surface area contributed by atoms with Crippen LogP contribution in [0, 0.1) is 12.7 Å². The molecule has 0 spiro atoms. The minimum Gasteiger partial charge on any atom is -0.459 e. The molecule has 0 aliphatic carbocycles. The van der Waals surface area contributed by atoms with E-state index in [1.165, 1.54) is 12.1 Å². The molecule has 1 aromatic carbocycles. The van der Waals surface area contributed by atoms with Crippen molar-refractivity contribution in [1.29, 1.82) is 0 Å². The van der Waals surface area contributed by atoms with Crippen LogP contribution in [0.15, 0.2) is 34.7 Å². The Morgan fingerprint density at radius 3 is 2.67 bits per heavy atom. The molecule has 1 heterocycles. The molecule has 2 aromatic rings. The molecular formula is C15H18FNO. The number of nitrogens with one attached hydrogen (secondary N) is 1. The number of benzene rings is 1. The molecule has 0 saturated heterocycles. The molecule has 0 amide bonds. The first kappa shape index (κ1) is 12.8. The smallest absolute Gasteiger partial charge is 0.134 e. The molecule has 0 bridgehead atoms. The number of rotatable bonds is 4. The highest BCUT2D eigenvalue weighted by atomic mass is 19.1. The predicted molar refractivity (Wildman–Crippen MR) is 70.9 cm³/mol. The molecule has 2 nitrogen and oxygen atoms in total. The molecule has 0 aliphatic heterocycles. The second-order valence-corrected chi connectivity index (χ2v) is 4.47. The molecule has 2 rings (SSSR count). The van der Waals surface area contributed by atoms with Crippen LogP contribution in [0.25, 0.3) is 11.3 Å². The summed E-state index contributed by atoms with van der Waals surface area (Å²) >= 11 is 0. The van der Waals surface area contributed by atoms with Gasteiger partial charge in [-0.05, 0) is 56.3 Å². The normalized spacial score (nSPS) is 12.7. The van der Waals surface area contributed by atoms with E-state index >= 15 is 0 Å². The van der Waals surface area contributed by atoms with Gasteiger partial charge < -0.3 is 9.73 Å². The van der Waals surface area contributed by atoms with Gasteiger partial charge >= 0.3 is 0 Å². The lowest BCUT2D eigenvalue weighted by atomic mass is 10.1. The second kappa shape index (κ2) is 5.36. The van der Waals surface area contributed by atoms with Crippen LogP contribution in [-0.4, -0.2) is 7.05 Å². The lowest BCUT2D eigenvalue weighted by molar-refractivity contribution is 0.431. The number of hydrogen-bond acceptors (Lipinski definition) is 2. The van der Waals surface area contributed by atoms with Crippen molar-refractivity contribution < 1.29 is 8.81 Å². The molecule has 0 radical (unpaired) electrons. The molecule has 0 aliphatic rings. The number of halogens is 1. The average Bonchev–Trinajstić information content (AvgIpc) is 2.79. The van der Waals surface area contributed by atoms with E-state index in [-0.39, 0.29) is 11.9 Å². The van der Waals surface area contributed by atoms with E-state index in [2.05, 4.69) is 12.2 Å². The summed E-state index contributed by atoms with van der Waals surface area (Å²) in [5.74, 6) is 1.36. The van der Waals surface area contributed by atoms with E-state index in [9.17, 15) is 4.39 Å². The zero-order chi connectivity index (χ0) is 13.1. The van der Waals surface area contributed by atoms with Gasteiger partial charge in [0.15, 0.2) is 0 Å². The highest BCUT2D eigenvalue weighted by Crippen LogP contribution is 2.27. The maximum atomic E-state index is 13.4. The van der Waals surface area contributed by atoms with Crippen molar-refractivity contribution >= 4 is 0 Å². The fourth-order valence-electron chi connectivity index (χ4n) is 2.12. The summed E-state index contributed by atoms with van der Waals surface area (Å²) in [6.07, 6.45) is 0.950. The molecule has 1 N–H and O–H groups in total. The van der Waals surface area contributed by atoms with Gasteiger partial charge in [0.1, 0.15) is 17.3 Å². The summed E-state index contributed by atoms with van der Waals surface area (Å²) in [6, 6.07) is 8.97. The van der Waals surface area contributed by atoms with Crippen molar-refractivity contribution in [2.45, 2.75) is 26.3 Å². The third-order valence-corrected chi connectivity index (χ3v) is 3.05. The molecule has 1 unspecified atom stereocenters. The SMILES string of the molecule is CCC(NC)c1ccc(-c2cc(C)cc(F)c2)o1. The van der Waals surface area contributed by atoms with Crippen molar-refractivity contribution in [3.63, 3.8) is 0 Å². The Hall–Kier alpha value is -1.61. The van der Waals surface area contributed by atoms with Crippen molar-refractivity contribution in [1.82, 2.24) is 5.32 Å². The molecule has 1 atom stereocenters. The van der Waals surface area contributed by atoms with E-state index < -0.39 is 0 Å². The molecule has 1 aromatic heterocycles. The van der Waals surface area contributed by atoms with Crippen LogP contribution >= 0.6 is 0 Å². The van der Waals surface area contributed by atoms with Crippen LogP contribution in [0.3, 0.4) is 0 Å². The van der Waals surface area contributed by atoms with Crippen LogP contribution in [-0.2, 0) is 0 Å². The highest BCUT2D eigenvalue weighted by molar-refractivity contribution is 5.58. The van der Waals surface area contributed by atoms with Crippen LogP contribution in [0.4, 0.5) is 4.39 Å². The summed E-state index contributed by atoms with van der Waals surface area (Å²) in [5.41, 5.74) is 1.67. The zero-order valence-corrected chi connectivity index (χ0v) is 11.0. The summed E-state index contributed by atoms with van der Waals surface area (Å²) in [4.78, 5) is 0. The highest BCUT2D eigenvalue weighted by Gasteiger charge is 2.12.